The van der Waals surface area contributed by atoms with Gasteiger partial charge >= 0.3 is 0 Å². The van der Waals surface area contributed by atoms with Crippen LogP contribution >= 0.6 is 0 Å². The molecule has 0 bridgehead atoms. The number of methoxy groups -OCH3 is 1. The highest BCUT2D eigenvalue weighted by molar-refractivity contribution is 5.93. The SMILES string of the molecule is COc1ccc(-c2ccc3nc(C)nc(N[C@H](C)c4cccc(C(C)(F)F)c4F)c3c2)cc1CC(=O)N(C)C.O=CO. The van der Waals surface area contributed by atoms with Gasteiger partial charge in [0.05, 0.1) is 30.7 Å². The van der Waals surface area contributed by atoms with Crippen LogP contribution in [0.2, 0.25) is 0 Å². The van der Waals surface area contributed by atoms with Crippen LogP contribution in [0.25, 0.3) is 22.0 Å². The molecule has 1 amide bonds. The summed E-state index contributed by atoms with van der Waals surface area (Å²) in [5.74, 6) is -2.72. The lowest BCUT2D eigenvalue weighted by Crippen LogP contribution is -2.23. The average molecular weight is 583 g/mol. The minimum Gasteiger partial charge on any atom is -0.496 e. The number of fused-ring (bicyclic) bond motifs is 1. The lowest BCUT2D eigenvalue weighted by Gasteiger charge is -2.20. The third kappa shape index (κ3) is 7.34. The highest BCUT2D eigenvalue weighted by atomic mass is 19.3. The second kappa shape index (κ2) is 13.3. The van der Waals surface area contributed by atoms with E-state index in [1.807, 2.05) is 36.4 Å². The van der Waals surface area contributed by atoms with Crippen LogP contribution in [0.5, 0.6) is 5.75 Å². The number of aryl methyl sites for hydroxylation is 1. The molecule has 1 heterocycles. The zero-order valence-corrected chi connectivity index (χ0v) is 24.2. The van der Waals surface area contributed by atoms with Gasteiger partial charge in [-0.2, -0.15) is 0 Å². The summed E-state index contributed by atoms with van der Waals surface area (Å²) in [6, 6.07) is 14.7. The predicted octanol–water partition coefficient (Wildman–Crippen LogP) is 6.37. The number of amides is 1. The van der Waals surface area contributed by atoms with Gasteiger partial charge in [-0.1, -0.05) is 30.3 Å². The van der Waals surface area contributed by atoms with E-state index >= 15 is 4.39 Å². The van der Waals surface area contributed by atoms with Crippen LogP contribution in [0, 0.1) is 12.7 Å². The van der Waals surface area contributed by atoms with Crippen molar-refractivity contribution < 1.29 is 32.6 Å². The summed E-state index contributed by atoms with van der Waals surface area (Å²) in [6.45, 7) is 3.87. The number of carbonyl (C=O) groups excluding carboxylic acids is 1. The second-order valence-corrected chi connectivity index (χ2v) is 9.91. The number of aromatic nitrogens is 2. The number of hydrogen-bond acceptors (Lipinski definition) is 6. The molecule has 0 radical (unpaired) electrons. The van der Waals surface area contributed by atoms with Gasteiger partial charge in [0.1, 0.15) is 23.2 Å². The number of likely N-dealkylation sites (N-methyl/N-ethyl adjacent to an activating group) is 1. The van der Waals surface area contributed by atoms with E-state index < -0.39 is 23.3 Å². The van der Waals surface area contributed by atoms with Crippen molar-refractivity contribution in [2.24, 2.45) is 0 Å². The summed E-state index contributed by atoms with van der Waals surface area (Å²) in [5, 5.41) is 10.8. The van der Waals surface area contributed by atoms with Crippen molar-refractivity contribution in [1.29, 1.82) is 0 Å². The first-order valence-electron chi connectivity index (χ1n) is 13.0. The van der Waals surface area contributed by atoms with Gasteiger partial charge in [0, 0.05) is 37.5 Å². The molecule has 0 saturated heterocycles. The Morgan fingerprint density at radius 3 is 2.38 bits per heavy atom. The summed E-state index contributed by atoms with van der Waals surface area (Å²) in [4.78, 5) is 31.3. The first-order chi connectivity index (χ1) is 19.8. The van der Waals surface area contributed by atoms with Crippen molar-refractivity contribution >= 4 is 29.1 Å². The number of rotatable bonds is 8. The molecule has 2 N–H and O–H groups in total. The largest absolute Gasteiger partial charge is 0.496 e. The third-order valence-electron chi connectivity index (χ3n) is 6.58. The molecular formula is C31H33F3N4O4. The molecule has 1 atom stereocenters. The van der Waals surface area contributed by atoms with Crippen LogP contribution in [0.1, 0.15) is 42.4 Å². The van der Waals surface area contributed by atoms with Crippen molar-refractivity contribution in [3.63, 3.8) is 0 Å². The highest BCUT2D eigenvalue weighted by Gasteiger charge is 2.30. The fourth-order valence-corrected chi connectivity index (χ4v) is 4.46. The molecule has 4 rings (SSSR count). The monoisotopic (exact) mass is 582 g/mol. The van der Waals surface area contributed by atoms with Crippen molar-refractivity contribution in [2.45, 2.75) is 39.2 Å². The van der Waals surface area contributed by atoms with Gasteiger partial charge in [-0.15, -0.1) is 0 Å². The maximum Gasteiger partial charge on any atom is 0.290 e. The highest BCUT2D eigenvalue weighted by Crippen LogP contribution is 2.35. The van der Waals surface area contributed by atoms with Gasteiger partial charge in [0.25, 0.3) is 12.4 Å². The maximum absolute atomic E-state index is 15.1. The van der Waals surface area contributed by atoms with Crippen LogP contribution in [0.3, 0.4) is 0 Å². The molecule has 1 aromatic heterocycles. The van der Waals surface area contributed by atoms with Crippen LogP contribution in [-0.2, 0) is 21.9 Å². The Kier molecular flexibility index (Phi) is 10.1. The van der Waals surface area contributed by atoms with E-state index in [4.69, 9.17) is 14.6 Å². The van der Waals surface area contributed by atoms with Gasteiger partial charge in [0.2, 0.25) is 5.91 Å². The first kappa shape index (κ1) is 31.9. The molecule has 3 aromatic carbocycles. The summed E-state index contributed by atoms with van der Waals surface area (Å²) < 4.78 is 48.4. The van der Waals surface area contributed by atoms with Gasteiger partial charge in [-0.05, 0) is 49.2 Å². The molecule has 0 aliphatic carbocycles. The molecule has 0 aliphatic heterocycles. The third-order valence-corrected chi connectivity index (χ3v) is 6.58. The fraction of sp³-hybridized carbons (Fsp3) is 0.290. The lowest BCUT2D eigenvalue weighted by atomic mass is 9.98. The molecule has 42 heavy (non-hydrogen) atoms. The molecule has 0 saturated carbocycles. The van der Waals surface area contributed by atoms with E-state index in [-0.39, 0.29) is 24.4 Å². The Labute approximate surface area is 242 Å². The zero-order chi connectivity index (χ0) is 31.2. The van der Waals surface area contributed by atoms with Gasteiger partial charge < -0.3 is 20.1 Å². The number of ether oxygens (including phenoxy) is 1. The predicted molar refractivity (Wildman–Crippen MR) is 155 cm³/mol. The van der Waals surface area contributed by atoms with E-state index in [2.05, 4.69) is 15.3 Å². The summed E-state index contributed by atoms with van der Waals surface area (Å²) in [7, 11) is 4.97. The first-order valence-corrected chi connectivity index (χ1v) is 13.0. The van der Waals surface area contributed by atoms with Crippen LogP contribution in [-0.4, -0.2) is 53.6 Å². The molecule has 0 aliphatic rings. The summed E-state index contributed by atoms with van der Waals surface area (Å²) in [5.41, 5.74) is 2.60. The van der Waals surface area contributed by atoms with Crippen LogP contribution < -0.4 is 10.1 Å². The number of benzene rings is 3. The second-order valence-electron chi connectivity index (χ2n) is 9.91. The van der Waals surface area contributed by atoms with E-state index in [0.29, 0.717) is 35.2 Å². The molecule has 0 fully saturated rings. The molecule has 8 nitrogen and oxygen atoms in total. The Bertz CT molecular complexity index is 1590. The van der Waals surface area contributed by atoms with E-state index in [0.717, 1.165) is 22.8 Å². The van der Waals surface area contributed by atoms with Gasteiger partial charge in [-0.25, -0.2) is 23.1 Å². The normalized spacial score (nSPS) is 11.7. The van der Waals surface area contributed by atoms with E-state index in [1.54, 1.807) is 35.1 Å². The summed E-state index contributed by atoms with van der Waals surface area (Å²) in [6.07, 6.45) is 0.186. The Hall–Kier alpha value is -4.67. The topological polar surface area (TPSA) is 105 Å². The minimum absolute atomic E-state index is 0.0505. The number of halogens is 3. The van der Waals surface area contributed by atoms with Gasteiger partial charge in [0.15, 0.2) is 0 Å². The van der Waals surface area contributed by atoms with Crippen LogP contribution in [0.4, 0.5) is 19.0 Å². The fourth-order valence-electron chi connectivity index (χ4n) is 4.46. The molecule has 4 aromatic rings. The Balaban J connectivity index is 0.00000155. The molecule has 11 heteroatoms. The maximum atomic E-state index is 15.1. The van der Waals surface area contributed by atoms with Gasteiger partial charge in [-0.3, -0.25) is 9.59 Å². The molecule has 0 spiro atoms. The molecule has 0 unspecified atom stereocenters. The van der Waals surface area contributed by atoms with Crippen molar-refractivity contribution in [1.82, 2.24) is 14.9 Å². The van der Waals surface area contributed by atoms with E-state index in [9.17, 15) is 13.6 Å². The Morgan fingerprint density at radius 1 is 1.12 bits per heavy atom. The number of nitrogens with one attached hydrogen (secondary N) is 1. The quantitative estimate of drug-likeness (QED) is 0.233. The molecule has 222 valence electrons. The van der Waals surface area contributed by atoms with E-state index in [1.165, 1.54) is 17.0 Å². The number of hydrogen-bond donors (Lipinski definition) is 2. The number of nitrogens with zero attached hydrogens (tertiary/aromatic N) is 3. The smallest absolute Gasteiger partial charge is 0.290 e. The van der Waals surface area contributed by atoms with Crippen molar-refractivity contribution in [3.8, 4) is 16.9 Å². The number of anilines is 1. The summed E-state index contributed by atoms with van der Waals surface area (Å²) >= 11 is 0. The Morgan fingerprint density at radius 2 is 1.76 bits per heavy atom. The number of carbonyl (C=O) groups is 2. The van der Waals surface area contributed by atoms with Crippen molar-refractivity contribution in [3.05, 3.63) is 82.9 Å². The average Bonchev–Trinajstić information content (AvgIpc) is 2.92. The molecular weight excluding hydrogens is 549 g/mol. The number of carboxylic acid groups (broad SMARTS) is 1. The standard InChI is InChI=1S/C30H31F3N4O2.CH2O2/c1-17(22-8-7-9-24(28(22)31)30(3,32)33)34-29-23-15-20(10-12-25(23)35-18(2)36-29)19-11-13-26(39-6)21(14-19)16-27(38)37(4)5;2-1-3/h7-15,17H,16H2,1-6H3,(H,34,35,36);1H,(H,2,3)/t17-;/m1./s1. The lowest BCUT2D eigenvalue weighted by molar-refractivity contribution is -0.128. The van der Waals surface area contributed by atoms with Crippen molar-refractivity contribution in [2.75, 3.05) is 26.5 Å². The minimum atomic E-state index is -3.30. The number of alkyl halides is 2. The van der Waals surface area contributed by atoms with Crippen LogP contribution in [0.15, 0.2) is 54.6 Å². The zero-order valence-electron chi connectivity index (χ0n) is 24.2.